The zero-order chi connectivity index (χ0) is 15.5. The lowest BCUT2D eigenvalue weighted by Gasteiger charge is -1.92. The molecule has 0 saturated carbocycles. The highest BCUT2D eigenvalue weighted by atomic mass is 79.9. The molecule has 4 nitrogen and oxygen atoms in total. The number of carbonyl (C=O) groups is 1. The van der Waals surface area contributed by atoms with Crippen LogP contribution in [0.2, 0.25) is 0 Å². The van der Waals surface area contributed by atoms with E-state index in [4.69, 9.17) is 4.42 Å². The summed E-state index contributed by atoms with van der Waals surface area (Å²) in [6.07, 6.45) is 4.58. The molecule has 0 bridgehead atoms. The number of H-pyrrole nitrogens is 1. The molecule has 0 aliphatic rings. The van der Waals surface area contributed by atoms with Crippen LogP contribution in [0.25, 0.3) is 12.2 Å². The van der Waals surface area contributed by atoms with Gasteiger partial charge in [-0.05, 0) is 35.9 Å². The number of Topliss-reactive ketones (excluding diaryl/α,β-unsaturated/α-hetero) is 1. The van der Waals surface area contributed by atoms with Crippen molar-refractivity contribution in [1.29, 1.82) is 0 Å². The number of furan rings is 1. The third-order valence-electron chi connectivity index (χ3n) is 2.85. The van der Waals surface area contributed by atoms with E-state index in [-0.39, 0.29) is 17.1 Å². The Morgan fingerprint density at radius 2 is 2.14 bits per heavy atom. The molecule has 22 heavy (non-hydrogen) atoms. The molecule has 0 aliphatic heterocycles. The summed E-state index contributed by atoms with van der Waals surface area (Å²) in [7, 11) is 0. The predicted molar refractivity (Wildman–Crippen MR) is 89.4 cm³/mol. The number of thiazole rings is 1. The Hall–Kier alpha value is -2.18. The van der Waals surface area contributed by atoms with Gasteiger partial charge in [-0.25, -0.2) is 0 Å². The van der Waals surface area contributed by atoms with Gasteiger partial charge in [0.05, 0.1) is 15.5 Å². The molecule has 0 aliphatic carbocycles. The summed E-state index contributed by atoms with van der Waals surface area (Å²) in [6, 6.07) is 10.9. The van der Waals surface area contributed by atoms with Crippen LogP contribution in [0.1, 0.15) is 16.1 Å². The van der Waals surface area contributed by atoms with E-state index in [1.165, 1.54) is 23.7 Å². The molecular formula is C16H10BrNO3S. The monoisotopic (exact) mass is 375 g/mol. The van der Waals surface area contributed by atoms with Crippen molar-refractivity contribution in [1.82, 2.24) is 4.98 Å². The summed E-state index contributed by atoms with van der Waals surface area (Å²) in [5, 5.41) is 0. The van der Waals surface area contributed by atoms with Crippen LogP contribution in [0, 0.1) is 0 Å². The fourth-order valence-electron chi connectivity index (χ4n) is 1.88. The van der Waals surface area contributed by atoms with Crippen LogP contribution in [0.5, 0.6) is 0 Å². The van der Waals surface area contributed by atoms with E-state index in [1.807, 2.05) is 24.3 Å². The number of benzene rings is 1. The average Bonchev–Trinajstić information content (AvgIpc) is 3.10. The zero-order valence-corrected chi connectivity index (χ0v) is 13.6. The van der Waals surface area contributed by atoms with Gasteiger partial charge in [-0.1, -0.05) is 28.1 Å². The highest BCUT2D eigenvalue weighted by Gasteiger charge is 2.05. The van der Waals surface area contributed by atoms with Crippen LogP contribution in [0.15, 0.2) is 56.3 Å². The highest BCUT2D eigenvalue weighted by Crippen LogP contribution is 2.11. The Bertz CT molecular complexity index is 983. The summed E-state index contributed by atoms with van der Waals surface area (Å²) in [5.74, 6) is -0.0386. The van der Waals surface area contributed by atoms with Crippen molar-refractivity contribution in [3.05, 3.63) is 78.0 Å². The second kappa shape index (κ2) is 6.29. The summed E-state index contributed by atoms with van der Waals surface area (Å²) in [5.41, 5.74) is 0.689. The Balaban J connectivity index is 2.01. The number of hydrogen-bond donors (Lipinski definition) is 1. The van der Waals surface area contributed by atoms with Crippen molar-refractivity contribution >= 4 is 45.2 Å². The number of aromatic nitrogens is 1. The molecule has 110 valence electrons. The highest BCUT2D eigenvalue weighted by molar-refractivity contribution is 9.10. The smallest absolute Gasteiger partial charge is 0.266 e. The molecular weight excluding hydrogens is 366 g/mol. The minimum absolute atomic E-state index is 0.219. The van der Waals surface area contributed by atoms with Crippen LogP contribution >= 0.6 is 27.3 Å². The predicted octanol–water partition coefficient (Wildman–Crippen LogP) is 2.28. The number of ketones is 1. The fraction of sp³-hybridized carbons (Fsp3) is 0. The van der Waals surface area contributed by atoms with Gasteiger partial charge in [0.25, 0.3) is 5.56 Å². The van der Waals surface area contributed by atoms with Crippen LogP contribution in [0.3, 0.4) is 0 Å². The van der Waals surface area contributed by atoms with Crippen molar-refractivity contribution in [2.45, 2.75) is 0 Å². The van der Waals surface area contributed by atoms with Gasteiger partial charge in [-0.3, -0.25) is 9.59 Å². The van der Waals surface area contributed by atoms with E-state index < -0.39 is 0 Å². The van der Waals surface area contributed by atoms with E-state index >= 15 is 0 Å². The number of carbonyl (C=O) groups excluding carboxylic acids is 1. The van der Waals surface area contributed by atoms with Crippen molar-refractivity contribution in [2.75, 3.05) is 0 Å². The average molecular weight is 376 g/mol. The molecule has 3 aromatic rings. The quantitative estimate of drug-likeness (QED) is 0.714. The summed E-state index contributed by atoms with van der Waals surface area (Å²) in [4.78, 5) is 26.5. The Morgan fingerprint density at radius 1 is 1.27 bits per heavy atom. The summed E-state index contributed by atoms with van der Waals surface area (Å²) in [6.45, 7) is 0. The number of aromatic amines is 1. The molecule has 2 heterocycles. The minimum Gasteiger partial charge on any atom is -0.461 e. The van der Waals surface area contributed by atoms with E-state index in [0.717, 1.165) is 10.0 Å². The van der Waals surface area contributed by atoms with Crippen LogP contribution in [-0.4, -0.2) is 10.8 Å². The van der Waals surface area contributed by atoms with Gasteiger partial charge in [0, 0.05) is 10.5 Å². The molecule has 0 saturated heterocycles. The Morgan fingerprint density at radius 3 is 2.86 bits per heavy atom. The third kappa shape index (κ3) is 3.35. The van der Waals surface area contributed by atoms with Crippen molar-refractivity contribution in [3.8, 4) is 0 Å². The molecule has 1 N–H and O–H groups in total. The Labute approximate surface area is 137 Å². The van der Waals surface area contributed by atoms with Gasteiger partial charge >= 0.3 is 0 Å². The molecule has 0 spiro atoms. The molecule has 1 aromatic carbocycles. The van der Waals surface area contributed by atoms with Crippen LogP contribution in [-0.2, 0) is 0 Å². The molecule has 0 unspecified atom stereocenters. The van der Waals surface area contributed by atoms with E-state index in [9.17, 15) is 9.59 Å². The van der Waals surface area contributed by atoms with Gasteiger partial charge in [0.15, 0.2) is 5.76 Å². The summed E-state index contributed by atoms with van der Waals surface area (Å²) >= 11 is 4.62. The molecule has 2 aromatic heterocycles. The van der Waals surface area contributed by atoms with E-state index in [0.29, 0.717) is 9.20 Å². The van der Waals surface area contributed by atoms with Crippen LogP contribution < -0.4 is 14.8 Å². The van der Waals surface area contributed by atoms with Gasteiger partial charge in [-0.15, -0.1) is 11.3 Å². The van der Waals surface area contributed by atoms with Crippen molar-refractivity contribution < 1.29 is 9.21 Å². The molecule has 0 fully saturated rings. The molecule has 0 atom stereocenters. The Kier molecular flexibility index (Phi) is 4.22. The maximum absolute atomic E-state index is 12.0. The maximum Gasteiger partial charge on any atom is 0.266 e. The first-order valence-electron chi connectivity index (χ1n) is 6.38. The second-order valence-electron chi connectivity index (χ2n) is 4.47. The van der Waals surface area contributed by atoms with Gasteiger partial charge < -0.3 is 9.40 Å². The second-order valence-corrected chi connectivity index (χ2v) is 6.47. The van der Waals surface area contributed by atoms with Crippen LogP contribution in [0.4, 0.5) is 0 Å². The number of halogens is 1. The summed E-state index contributed by atoms with van der Waals surface area (Å²) < 4.78 is 7.00. The third-order valence-corrected chi connectivity index (χ3v) is 4.31. The van der Waals surface area contributed by atoms with Gasteiger partial charge in [-0.2, -0.15) is 0 Å². The molecule has 0 amide bonds. The van der Waals surface area contributed by atoms with E-state index in [1.54, 1.807) is 18.2 Å². The minimum atomic E-state index is -0.281. The fourth-order valence-corrected chi connectivity index (χ4v) is 3.18. The first-order chi connectivity index (χ1) is 10.6. The first kappa shape index (κ1) is 14.7. The maximum atomic E-state index is 12.0. The number of rotatable bonds is 3. The number of hydrogen-bond acceptors (Lipinski definition) is 4. The van der Waals surface area contributed by atoms with Gasteiger partial charge in [0.1, 0.15) is 0 Å². The van der Waals surface area contributed by atoms with Crippen molar-refractivity contribution in [2.24, 2.45) is 0 Å². The lowest BCUT2D eigenvalue weighted by atomic mass is 10.2. The topological polar surface area (TPSA) is 63.1 Å². The molecule has 6 heteroatoms. The lowest BCUT2D eigenvalue weighted by Crippen LogP contribution is -2.19. The molecule has 3 rings (SSSR count). The SMILES string of the molecule is O=C(/C=c1/[nH]c(=O)/c(=C/c2cccc(Br)c2)s1)c1ccco1. The van der Waals surface area contributed by atoms with Crippen molar-refractivity contribution in [3.63, 3.8) is 0 Å². The zero-order valence-electron chi connectivity index (χ0n) is 11.2. The van der Waals surface area contributed by atoms with Gasteiger partial charge in [0.2, 0.25) is 5.78 Å². The lowest BCUT2D eigenvalue weighted by molar-refractivity contribution is 0.103. The molecule has 0 radical (unpaired) electrons. The number of nitrogens with one attached hydrogen (secondary N) is 1. The van der Waals surface area contributed by atoms with E-state index in [2.05, 4.69) is 20.9 Å². The first-order valence-corrected chi connectivity index (χ1v) is 7.99. The standard InChI is InChI=1S/C16H10BrNO3S/c17-11-4-1-3-10(7-11)8-14-16(20)18-15(22-14)9-12(19)13-5-2-6-21-13/h1-9H,(H,18,20)/b14-8-,15-9-. The normalized spacial score (nSPS) is 12.8. The largest absolute Gasteiger partial charge is 0.461 e.